The maximum atomic E-state index is 12.2. The Bertz CT molecular complexity index is 500. The van der Waals surface area contributed by atoms with Crippen LogP contribution in [0, 0.1) is 18.3 Å². The second kappa shape index (κ2) is 8.78. The van der Waals surface area contributed by atoms with Crippen LogP contribution in [0.5, 0.6) is 0 Å². The fourth-order valence-corrected chi connectivity index (χ4v) is 3.14. The summed E-state index contributed by atoms with van der Waals surface area (Å²) in [4.78, 5) is 16.5. The lowest BCUT2D eigenvalue weighted by molar-refractivity contribution is -0.121. The molecule has 1 aromatic heterocycles. The largest absolute Gasteiger partial charge is 0.396 e. The Kier molecular flexibility index (Phi) is 7.70. The topological polar surface area (TPSA) is 50.2 Å². The van der Waals surface area contributed by atoms with Crippen LogP contribution in [0.25, 0.3) is 0 Å². The molecule has 0 saturated heterocycles. The van der Waals surface area contributed by atoms with Gasteiger partial charge in [-0.15, -0.1) is 0 Å². The highest BCUT2D eigenvalue weighted by Gasteiger charge is 2.28. The van der Waals surface area contributed by atoms with Gasteiger partial charge in [-0.25, -0.2) is 0 Å². The number of hydrogen-bond acceptors (Lipinski definition) is 3. The van der Waals surface area contributed by atoms with Gasteiger partial charge in [0.25, 0.3) is 0 Å². The van der Waals surface area contributed by atoms with Crippen LogP contribution in [-0.2, 0) is 11.2 Å². The highest BCUT2D eigenvalue weighted by Crippen LogP contribution is 2.32. The van der Waals surface area contributed by atoms with Gasteiger partial charge in [-0.05, 0) is 58.7 Å². The number of carbonyl (C=O) groups is 1. The van der Waals surface area contributed by atoms with E-state index in [9.17, 15) is 9.90 Å². The van der Waals surface area contributed by atoms with Gasteiger partial charge < -0.3 is 5.11 Å². The molecule has 124 valence electrons. The average Bonchev–Trinajstić information content (AvgIpc) is 2.48. The van der Waals surface area contributed by atoms with E-state index in [4.69, 9.17) is 0 Å². The second-order valence-electron chi connectivity index (χ2n) is 6.75. The lowest BCUT2D eigenvalue weighted by atomic mass is 9.75. The maximum absolute atomic E-state index is 12.2. The SMILES string of the molecule is CCC(CC(=O)CCCc1cc(Br)cnc1C)C(C)(C)CO. The minimum atomic E-state index is -0.185. The molecule has 0 radical (unpaired) electrons. The molecular weight excluding hydrogens is 342 g/mol. The Morgan fingerprint density at radius 2 is 2.14 bits per heavy atom. The zero-order valence-electron chi connectivity index (χ0n) is 14.2. The highest BCUT2D eigenvalue weighted by molar-refractivity contribution is 9.10. The summed E-state index contributed by atoms with van der Waals surface area (Å²) in [6.45, 7) is 8.28. The maximum Gasteiger partial charge on any atom is 0.133 e. The second-order valence-corrected chi connectivity index (χ2v) is 7.66. The normalized spacial score (nSPS) is 13.2. The smallest absolute Gasteiger partial charge is 0.133 e. The number of aliphatic hydroxyl groups is 1. The number of rotatable bonds is 9. The third-order valence-corrected chi connectivity index (χ3v) is 4.97. The van der Waals surface area contributed by atoms with Crippen LogP contribution < -0.4 is 0 Å². The Morgan fingerprint density at radius 3 is 2.73 bits per heavy atom. The number of nitrogens with zero attached hydrogens (tertiary/aromatic N) is 1. The van der Waals surface area contributed by atoms with Crippen molar-refractivity contribution in [2.45, 2.75) is 59.8 Å². The molecule has 4 heteroatoms. The predicted octanol–water partition coefficient (Wildman–Crippen LogP) is 4.48. The van der Waals surface area contributed by atoms with E-state index in [1.807, 2.05) is 20.8 Å². The van der Waals surface area contributed by atoms with E-state index in [0.29, 0.717) is 18.6 Å². The van der Waals surface area contributed by atoms with Crippen LogP contribution in [0.15, 0.2) is 16.7 Å². The molecule has 1 atom stereocenters. The summed E-state index contributed by atoms with van der Waals surface area (Å²) < 4.78 is 0.982. The minimum absolute atomic E-state index is 0.127. The predicted molar refractivity (Wildman–Crippen MR) is 93.9 cm³/mol. The standard InChI is InChI=1S/C18H28BrNO2/c1-5-15(18(3,4)12-21)10-17(22)8-6-7-14-9-16(19)11-20-13(14)2/h9,11,15,21H,5-8,10,12H2,1-4H3. The Morgan fingerprint density at radius 1 is 1.45 bits per heavy atom. The molecule has 0 amide bonds. The molecule has 0 aliphatic rings. The summed E-state index contributed by atoms with van der Waals surface area (Å²) >= 11 is 3.44. The fraction of sp³-hybridized carbons (Fsp3) is 0.667. The van der Waals surface area contributed by atoms with Crippen molar-refractivity contribution >= 4 is 21.7 Å². The van der Waals surface area contributed by atoms with Crippen molar-refractivity contribution in [2.24, 2.45) is 11.3 Å². The molecule has 0 saturated carbocycles. The van der Waals surface area contributed by atoms with E-state index < -0.39 is 0 Å². The van der Waals surface area contributed by atoms with Crippen molar-refractivity contribution in [3.8, 4) is 0 Å². The first kappa shape index (κ1) is 19.3. The van der Waals surface area contributed by atoms with E-state index in [1.165, 1.54) is 5.56 Å². The van der Waals surface area contributed by atoms with Gasteiger partial charge in [0, 0.05) is 35.8 Å². The molecule has 1 N–H and O–H groups in total. The van der Waals surface area contributed by atoms with Crippen molar-refractivity contribution < 1.29 is 9.90 Å². The van der Waals surface area contributed by atoms with Gasteiger partial charge in [0.15, 0.2) is 0 Å². The van der Waals surface area contributed by atoms with Gasteiger partial charge in [0.2, 0.25) is 0 Å². The molecule has 0 aromatic carbocycles. The fourth-order valence-electron chi connectivity index (χ4n) is 2.76. The lowest BCUT2D eigenvalue weighted by Crippen LogP contribution is -2.29. The van der Waals surface area contributed by atoms with Crippen molar-refractivity contribution in [1.82, 2.24) is 4.98 Å². The van der Waals surface area contributed by atoms with Crippen LogP contribution in [0.1, 0.15) is 57.7 Å². The van der Waals surface area contributed by atoms with E-state index in [1.54, 1.807) is 6.20 Å². The van der Waals surface area contributed by atoms with Crippen molar-refractivity contribution in [2.75, 3.05) is 6.61 Å². The number of aryl methyl sites for hydroxylation is 2. The lowest BCUT2D eigenvalue weighted by Gasteiger charge is -2.31. The highest BCUT2D eigenvalue weighted by atomic mass is 79.9. The Hall–Kier alpha value is -0.740. The summed E-state index contributed by atoms with van der Waals surface area (Å²) in [7, 11) is 0. The summed E-state index contributed by atoms with van der Waals surface area (Å²) in [6.07, 6.45) is 5.63. The van der Waals surface area contributed by atoms with Gasteiger partial charge in [-0.3, -0.25) is 9.78 Å². The molecular formula is C18H28BrNO2. The first-order valence-electron chi connectivity index (χ1n) is 8.03. The number of ketones is 1. The molecule has 1 unspecified atom stereocenters. The zero-order chi connectivity index (χ0) is 16.8. The zero-order valence-corrected chi connectivity index (χ0v) is 15.7. The summed E-state index contributed by atoms with van der Waals surface area (Å²) in [6, 6.07) is 2.08. The third kappa shape index (κ3) is 5.81. The number of hydrogen-bond donors (Lipinski definition) is 1. The first-order valence-corrected chi connectivity index (χ1v) is 8.83. The molecule has 1 aromatic rings. The van der Waals surface area contributed by atoms with Crippen LogP contribution in [0.2, 0.25) is 0 Å². The molecule has 1 rings (SSSR count). The Balaban J connectivity index is 2.48. The number of aliphatic hydroxyl groups excluding tert-OH is 1. The van der Waals surface area contributed by atoms with Gasteiger partial charge in [0.1, 0.15) is 5.78 Å². The van der Waals surface area contributed by atoms with E-state index in [0.717, 1.165) is 29.4 Å². The number of Topliss-reactive ketones (excluding diaryl/α,β-unsaturated/α-hetero) is 1. The van der Waals surface area contributed by atoms with Crippen LogP contribution >= 0.6 is 15.9 Å². The average molecular weight is 370 g/mol. The molecule has 22 heavy (non-hydrogen) atoms. The van der Waals surface area contributed by atoms with E-state index >= 15 is 0 Å². The molecule has 0 bridgehead atoms. The number of halogens is 1. The molecule has 0 fully saturated rings. The first-order chi connectivity index (χ1) is 10.3. The third-order valence-electron chi connectivity index (χ3n) is 4.54. The van der Waals surface area contributed by atoms with Gasteiger partial charge in [-0.2, -0.15) is 0 Å². The number of pyridine rings is 1. The Labute approximate surface area is 142 Å². The van der Waals surface area contributed by atoms with E-state index in [-0.39, 0.29) is 17.9 Å². The molecule has 0 aliphatic heterocycles. The molecule has 1 heterocycles. The van der Waals surface area contributed by atoms with Gasteiger partial charge in [0.05, 0.1) is 0 Å². The number of aromatic nitrogens is 1. The van der Waals surface area contributed by atoms with Crippen LogP contribution in [-0.4, -0.2) is 22.5 Å². The summed E-state index contributed by atoms with van der Waals surface area (Å²) in [5.41, 5.74) is 2.04. The van der Waals surface area contributed by atoms with Crippen molar-refractivity contribution in [1.29, 1.82) is 0 Å². The van der Waals surface area contributed by atoms with Gasteiger partial charge in [-0.1, -0.05) is 27.2 Å². The monoisotopic (exact) mass is 369 g/mol. The minimum Gasteiger partial charge on any atom is -0.396 e. The van der Waals surface area contributed by atoms with Crippen molar-refractivity contribution in [3.63, 3.8) is 0 Å². The number of carbonyl (C=O) groups excluding carboxylic acids is 1. The van der Waals surface area contributed by atoms with Crippen LogP contribution in [0.3, 0.4) is 0 Å². The summed E-state index contributed by atoms with van der Waals surface area (Å²) in [5.74, 6) is 0.549. The summed E-state index contributed by atoms with van der Waals surface area (Å²) in [5, 5.41) is 9.47. The molecule has 0 aliphatic carbocycles. The van der Waals surface area contributed by atoms with Crippen LogP contribution in [0.4, 0.5) is 0 Å². The molecule has 3 nitrogen and oxygen atoms in total. The van der Waals surface area contributed by atoms with E-state index in [2.05, 4.69) is 33.9 Å². The van der Waals surface area contributed by atoms with Gasteiger partial charge >= 0.3 is 0 Å². The molecule has 0 spiro atoms. The van der Waals surface area contributed by atoms with Crippen molar-refractivity contribution in [3.05, 3.63) is 28.0 Å². The quantitative estimate of drug-likeness (QED) is 0.697.